The molecule has 2 aliphatic rings. The fraction of sp³-hybridized carbons (Fsp3) is 0.267. The van der Waals surface area contributed by atoms with Crippen LogP contribution >= 0.6 is 0 Å². The first-order chi connectivity index (χ1) is 18.2. The van der Waals surface area contributed by atoms with Crippen LogP contribution in [0.3, 0.4) is 0 Å². The Labute approximate surface area is 216 Å². The number of fused-ring (bicyclic) bond motifs is 1. The number of aryl methyl sites for hydroxylation is 1. The lowest BCUT2D eigenvalue weighted by Gasteiger charge is -2.22. The maximum Gasteiger partial charge on any atom is 0.181 e. The molecule has 0 atom stereocenters. The van der Waals surface area contributed by atoms with Crippen molar-refractivity contribution < 1.29 is 0 Å². The average molecular weight is 490 g/mol. The van der Waals surface area contributed by atoms with Crippen molar-refractivity contribution in [1.29, 1.82) is 0 Å². The molecule has 186 valence electrons. The maximum absolute atomic E-state index is 4.98. The zero-order valence-corrected chi connectivity index (χ0v) is 21.1. The number of nitrogens with zero attached hydrogens (tertiary/aromatic N) is 4. The van der Waals surface area contributed by atoms with Crippen LogP contribution in [0.5, 0.6) is 0 Å². The van der Waals surface area contributed by atoms with Crippen molar-refractivity contribution in [2.45, 2.75) is 32.6 Å². The molecule has 1 aliphatic carbocycles. The molecule has 1 fully saturated rings. The molecule has 5 heterocycles. The van der Waals surface area contributed by atoms with E-state index in [1.807, 2.05) is 37.7 Å². The second kappa shape index (κ2) is 10.1. The number of hydrogen-bond acceptors (Lipinski definition) is 5. The molecule has 1 saturated heterocycles. The van der Waals surface area contributed by atoms with Crippen molar-refractivity contribution in [2.75, 3.05) is 13.1 Å². The Hall–Kier alpha value is -4.10. The molecular weight excluding hydrogens is 458 g/mol. The number of allylic oxidation sites excluding steroid dienone is 7. The minimum Gasteiger partial charge on any atom is -0.340 e. The third kappa shape index (κ3) is 4.70. The number of aromatic nitrogens is 6. The Morgan fingerprint density at radius 2 is 2.00 bits per heavy atom. The zero-order valence-electron chi connectivity index (χ0n) is 21.1. The molecule has 0 aromatic carbocycles. The van der Waals surface area contributed by atoms with Crippen molar-refractivity contribution in [3.8, 4) is 22.6 Å². The number of H-pyrrole nitrogens is 2. The lowest BCUT2D eigenvalue weighted by molar-refractivity contribution is 0.372. The van der Waals surface area contributed by atoms with Gasteiger partial charge in [0.05, 0.1) is 11.1 Å². The molecule has 6 rings (SSSR count). The monoisotopic (exact) mass is 489 g/mol. The lowest BCUT2D eigenvalue weighted by atomic mass is 9.91. The summed E-state index contributed by atoms with van der Waals surface area (Å²) in [6.45, 7) is 8.16. The van der Waals surface area contributed by atoms with E-state index >= 15 is 0 Å². The van der Waals surface area contributed by atoms with E-state index in [0.717, 1.165) is 76.5 Å². The normalized spacial score (nSPS) is 16.5. The Bertz CT molecular complexity index is 1540. The number of nitrogens with one attached hydrogen (secondary N) is 3. The summed E-state index contributed by atoms with van der Waals surface area (Å²) in [5.41, 5.74) is 8.98. The zero-order chi connectivity index (χ0) is 25.2. The molecule has 4 aromatic heterocycles. The molecule has 7 nitrogen and oxygen atoms in total. The van der Waals surface area contributed by atoms with Crippen LogP contribution in [0.2, 0.25) is 0 Å². The lowest BCUT2D eigenvalue weighted by Crippen LogP contribution is -2.28. The molecule has 0 spiro atoms. The first-order valence-corrected chi connectivity index (χ1v) is 13.0. The van der Waals surface area contributed by atoms with Gasteiger partial charge in [0.15, 0.2) is 11.5 Å². The number of pyridine rings is 2. The Balaban J connectivity index is 1.34. The van der Waals surface area contributed by atoms with Crippen LogP contribution in [0.15, 0.2) is 73.3 Å². The third-order valence-corrected chi connectivity index (χ3v) is 7.26. The summed E-state index contributed by atoms with van der Waals surface area (Å²) >= 11 is 0. The smallest absolute Gasteiger partial charge is 0.181 e. The highest BCUT2D eigenvalue weighted by molar-refractivity contribution is 5.92. The van der Waals surface area contributed by atoms with Gasteiger partial charge in [0.25, 0.3) is 0 Å². The van der Waals surface area contributed by atoms with Crippen LogP contribution in [0.25, 0.3) is 39.3 Å². The average Bonchev–Trinajstić information content (AvgIpc) is 3.68. The predicted octanol–water partition coefficient (Wildman–Crippen LogP) is 5.72. The molecule has 3 N–H and O–H groups in total. The molecule has 37 heavy (non-hydrogen) atoms. The van der Waals surface area contributed by atoms with Gasteiger partial charge in [0, 0.05) is 41.0 Å². The van der Waals surface area contributed by atoms with Crippen LogP contribution in [0.1, 0.15) is 36.2 Å². The van der Waals surface area contributed by atoms with Gasteiger partial charge in [-0.1, -0.05) is 37.0 Å². The van der Waals surface area contributed by atoms with E-state index in [-0.39, 0.29) is 0 Å². The fourth-order valence-electron chi connectivity index (χ4n) is 5.34. The Kier molecular flexibility index (Phi) is 6.37. The molecular formula is C30H31N7. The van der Waals surface area contributed by atoms with E-state index in [9.17, 15) is 0 Å². The second-order valence-corrected chi connectivity index (χ2v) is 9.85. The third-order valence-electron chi connectivity index (χ3n) is 7.26. The highest BCUT2D eigenvalue weighted by Crippen LogP contribution is 2.33. The van der Waals surface area contributed by atoms with Gasteiger partial charge in [-0.15, -0.1) is 0 Å². The predicted molar refractivity (Wildman–Crippen MR) is 149 cm³/mol. The van der Waals surface area contributed by atoms with Gasteiger partial charge >= 0.3 is 0 Å². The highest BCUT2D eigenvalue weighted by atomic mass is 15.2. The summed E-state index contributed by atoms with van der Waals surface area (Å²) in [4.78, 5) is 17.6. The van der Waals surface area contributed by atoms with Crippen molar-refractivity contribution in [3.63, 3.8) is 0 Å². The number of imidazole rings is 1. The summed E-state index contributed by atoms with van der Waals surface area (Å²) < 4.78 is 0. The topological polar surface area (TPSA) is 95.2 Å². The van der Waals surface area contributed by atoms with E-state index < -0.39 is 0 Å². The van der Waals surface area contributed by atoms with Gasteiger partial charge in [-0.05, 0) is 74.9 Å². The van der Waals surface area contributed by atoms with Crippen LogP contribution in [0.4, 0.5) is 0 Å². The summed E-state index contributed by atoms with van der Waals surface area (Å²) in [6, 6.07) is 4.38. The number of hydrogen-bond donors (Lipinski definition) is 3. The number of rotatable bonds is 7. The first-order valence-electron chi connectivity index (χ1n) is 13.0. The number of piperidine rings is 1. The Morgan fingerprint density at radius 3 is 2.81 bits per heavy atom. The maximum atomic E-state index is 4.98. The first kappa shape index (κ1) is 23.3. The minimum atomic E-state index is 0.663. The summed E-state index contributed by atoms with van der Waals surface area (Å²) in [7, 11) is 0. The van der Waals surface area contributed by atoms with Gasteiger partial charge in [-0.3, -0.25) is 10.1 Å². The second-order valence-electron chi connectivity index (χ2n) is 9.85. The van der Waals surface area contributed by atoms with Gasteiger partial charge in [0.2, 0.25) is 0 Å². The van der Waals surface area contributed by atoms with Crippen LogP contribution in [-0.4, -0.2) is 43.2 Å². The molecule has 0 saturated carbocycles. The van der Waals surface area contributed by atoms with Crippen LogP contribution in [0, 0.1) is 12.8 Å². The summed E-state index contributed by atoms with van der Waals surface area (Å²) in [5, 5.41) is 12.0. The molecule has 7 heteroatoms. The SMILES string of the molecule is C=C/C=C(/C1=CCC=C1)c1nc(-c2[nH]nc3ncc(-c4cncc(CC5CCNCC5)c4)cc23)[nH]c1C. The highest BCUT2D eigenvalue weighted by Gasteiger charge is 2.19. The minimum absolute atomic E-state index is 0.663. The van der Waals surface area contributed by atoms with Gasteiger partial charge in [-0.2, -0.15) is 5.10 Å². The van der Waals surface area contributed by atoms with Crippen molar-refractivity contribution in [2.24, 2.45) is 5.92 Å². The summed E-state index contributed by atoms with van der Waals surface area (Å²) in [5.74, 6) is 1.45. The number of aromatic amines is 2. The van der Waals surface area contributed by atoms with E-state index in [1.165, 1.54) is 18.4 Å². The molecule has 0 amide bonds. The van der Waals surface area contributed by atoms with Gasteiger partial charge in [-0.25, -0.2) is 9.97 Å². The molecule has 1 aliphatic heterocycles. The van der Waals surface area contributed by atoms with E-state index in [1.54, 1.807) is 0 Å². The van der Waals surface area contributed by atoms with Gasteiger partial charge < -0.3 is 10.3 Å². The fourth-order valence-corrected chi connectivity index (χ4v) is 5.34. The largest absolute Gasteiger partial charge is 0.340 e. The van der Waals surface area contributed by atoms with E-state index in [4.69, 9.17) is 4.98 Å². The van der Waals surface area contributed by atoms with E-state index in [0.29, 0.717) is 11.6 Å². The molecule has 0 bridgehead atoms. The van der Waals surface area contributed by atoms with Crippen molar-refractivity contribution >= 4 is 16.6 Å². The van der Waals surface area contributed by atoms with E-state index in [2.05, 4.69) is 67.4 Å². The van der Waals surface area contributed by atoms with Crippen molar-refractivity contribution in [3.05, 3.63) is 90.2 Å². The summed E-state index contributed by atoms with van der Waals surface area (Å²) in [6.07, 6.45) is 20.6. The Morgan fingerprint density at radius 1 is 1.14 bits per heavy atom. The molecule has 4 aromatic rings. The van der Waals surface area contributed by atoms with Crippen LogP contribution in [-0.2, 0) is 6.42 Å². The molecule has 0 radical (unpaired) electrons. The quantitative estimate of drug-likeness (QED) is 0.289. The van der Waals surface area contributed by atoms with Crippen molar-refractivity contribution in [1.82, 2.24) is 35.5 Å². The van der Waals surface area contributed by atoms with Crippen LogP contribution < -0.4 is 5.32 Å². The standard InChI is InChI=1S/C30H31N7/c1-3-6-25(22-7-4-5-8-22)27-19(2)34-30(35-27)28-26-15-24(18-33-29(26)37-36-28)23-14-21(16-32-17-23)13-20-9-11-31-12-10-20/h3-4,6-8,14-18,20,31H,1,5,9-13H2,2H3,(H,34,35)(H,33,36,37)/b25-6-. The molecule has 0 unspecified atom stereocenters. The van der Waals surface area contributed by atoms with Gasteiger partial charge in [0.1, 0.15) is 5.69 Å².